The Morgan fingerprint density at radius 2 is 1.76 bits per heavy atom. The molecule has 1 amide bonds. The third-order valence-electron chi connectivity index (χ3n) is 3.61. The monoisotopic (exact) mass is 316 g/mol. The Hall–Kier alpha value is -1.66. The number of carboxylic acid groups (broad SMARTS) is 1. The van der Waals surface area contributed by atoms with Gasteiger partial charge in [-0.2, -0.15) is 0 Å². The number of carbonyl (C=O) groups excluding carboxylic acids is 1. The third-order valence-corrected chi connectivity index (χ3v) is 3.61. The van der Waals surface area contributed by atoms with E-state index in [0.717, 1.165) is 0 Å². The summed E-state index contributed by atoms with van der Waals surface area (Å²) in [6, 6.07) is 5.32. The molecule has 2 rings (SSSR count). The average Bonchev–Trinajstić information content (AvgIpc) is 2.46. The zero-order valence-corrected chi connectivity index (χ0v) is 12.5. The second-order valence-electron chi connectivity index (χ2n) is 4.82. The van der Waals surface area contributed by atoms with Crippen molar-refractivity contribution in [3.05, 3.63) is 35.6 Å². The summed E-state index contributed by atoms with van der Waals surface area (Å²) < 4.78 is 13.6. The zero-order chi connectivity index (χ0) is 14.7. The van der Waals surface area contributed by atoms with E-state index in [1.54, 1.807) is 28.9 Å². The van der Waals surface area contributed by atoms with Crippen LogP contribution in [0.1, 0.15) is 17.3 Å². The lowest BCUT2D eigenvalue weighted by atomic mass is 10.1. The molecule has 1 aliphatic heterocycles. The van der Waals surface area contributed by atoms with Gasteiger partial charge in [-0.05, 0) is 19.1 Å². The largest absolute Gasteiger partial charge is 0.480 e. The Labute approximate surface area is 128 Å². The Kier molecular flexibility index (Phi) is 6.11. The molecule has 1 aliphatic rings. The van der Waals surface area contributed by atoms with E-state index in [1.807, 2.05) is 0 Å². The SMILES string of the molecule is CC(C(=O)O)N1CCN(C(=O)c2ccccc2F)CC1.Cl. The number of aliphatic carboxylic acids is 1. The molecule has 0 bridgehead atoms. The smallest absolute Gasteiger partial charge is 0.320 e. The fourth-order valence-corrected chi connectivity index (χ4v) is 2.27. The van der Waals surface area contributed by atoms with Gasteiger partial charge in [-0.3, -0.25) is 14.5 Å². The molecule has 0 radical (unpaired) electrons. The fraction of sp³-hybridized carbons (Fsp3) is 0.429. The second-order valence-corrected chi connectivity index (χ2v) is 4.82. The van der Waals surface area contributed by atoms with Crippen molar-refractivity contribution in [2.45, 2.75) is 13.0 Å². The summed E-state index contributed by atoms with van der Waals surface area (Å²) in [4.78, 5) is 26.4. The van der Waals surface area contributed by atoms with Crippen LogP contribution in [0.5, 0.6) is 0 Å². The highest BCUT2D eigenvalue weighted by atomic mass is 35.5. The standard InChI is InChI=1S/C14H17FN2O3.ClH/c1-10(14(19)20)16-6-8-17(9-7-16)13(18)11-4-2-3-5-12(11)15;/h2-5,10H,6-9H2,1H3,(H,19,20);1H. The van der Waals surface area contributed by atoms with Crippen LogP contribution >= 0.6 is 12.4 Å². The number of benzene rings is 1. The molecule has 21 heavy (non-hydrogen) atoms. The molecule has 1 saturated heterocycles. The van der Waals surface area contributed by atoms with Gasteiger partial charge >= 0.3 is 5.97 Å². The van der Waals surface area contributed by atoms with Crippen molar-refractivity contribution in [1.29, 1.82) is 0 Å². The molecule has 1 aromatic carbocycles. The normalized spacial score (nSPS) is 17.0. The molecule has 5 nitrogen and oxygen atoms in total. The number of piperazine rings is 1. The summed E-state index contributed by atoms with van der Waals surface area (Å²) in [5.41, 5.74) is 0.0623. The molecule has 7 heteroatoms. The van der Waals surface area contributed by atoms with Gasteiger partial charge in [0.15, 0.2) is 0 Å². The molecule has 116 valence electrons. The maximum atomic E-state index is 13.6. The zero-order valence-electron chi connectivity index (χ0n) is 11.7. The topological polar surface area (TPSA) is 60.9 Å². The first-order valence-electron chi connectivity index (χ1n) is 6.51. The van der Waals surface area contributed by atoms with Crippen molar-refractivity contribution < 1.29 is 19.1 Å². The molecule has 1 fully saturated rings. The van der Waals surface area contributed by atoms with Crippen molar-refractivity contribution in [2.75, 3.05) is 26.2 Å². The summed E-state index contributed by atoms with van der Waals surface area (Å²) in [6.07, 6.45) is 0. The summed E-state index contributed by atoms with van der Waals surface area (Å²) in [5.74, 6) is -1.75. The van der Waals surface area contributed by atoms with Crippen molar-refractivity contribution >= 4 is 24.3 Å². The number of halogens is 2. The number of carbonyl (C=O) groups is 2. The van der Waals surface area contributed by atoms with Crippen LogP contribution in [0.2, 0.25) is 0 Å². The molecular weight excluding hydrogens is 299 g/mol. The van der Waals surface area contributed by atoms with Crippen LogP contribution in [0.3, 0.4) is 0 Å². The molecular formula is C14H18ClFN2O3. The quantitative estimate of drug-likeness (QED) is 0.917. The highest BCUT2D eigenvalue weighted by Crippen LogP contribution is 2.13. The Morgan fingerprint density at radius 3 is 2.29 bits per heavy atom. The first-order valence-corrected chi connectivity index (χ1v) is 6.51. The van der Waals surface area contributed by atoms with E-state index in [9.17, 15) is 14.0 Å². The molecule has 1 atom stereocenters. The molecule has 1 aromatic rings. The van der Waals surface area contributed by atoms with Crippen LogP contribution in [0.4, 0.5) is 4.39 Å². The average molecular weight is 317 g/mol. The van der Waals surface area contributed by atoms with E-state index in [0.29, 0.717) is 26.2 Å². The van der Waals surface area contributed by atoms with Crippen LogP contribution in [-0.4, -0.2) is 59.0 Å². The third kappa shape index (κ3) is 3.92. The van der Waals surface area contributed by atoms with Crippen LogP contribution in [-0.2, 0) is 4.79 Å². The van der Waals surface area contributed by atoms with Gasteiger partial charge in [0.25, 0.3) is 5.91 Å². The van der Waals surface area contributed by atoms with Gasteiger partial charge in [-0.25, -0.2) is 4.39 Å². The van der Waals surface area contributed by atoms with E-state index in [-0.39, 0.29) is 23.9 Å². The van der Waals surface area contributed by atoms with Gasteiger partial charge in [0.2, 0.25) is 0 Å². The second kappa shape index (κ2) is 7.38. The minimum atomic E-state index is -0.876. The van der Waals surface area contributed by atoms with Crippen molar-refractivity contribution in [1.82, 2.24) is 9.80 Å². The lowest BCUT2D eigenvalue weighted by Gasteiger charge is -2.36. The van der Waals surface area contributed by atoms with Gasteiger partial charge in [0.05, 0.1) is 5.56 Å². The van der Waals surface area contributed by atoms with Crippen molar-refractivity contribution in [3.8, 4) is 0 Å². The number of rotatable bonds is 3. The maximum Gasteiger partial charge on any atom is 0.320 e. The van der Waals surface area contributed by atoms with Crippen LogP contribution in [0, 0.1) is 5.82 Å². The summed E-state index contributed by atoms with van der Waals surface area (Å²) >= 11 is 0. The fourth-order valence-electron chi connectivity index (χ4n) is 2.27. The molecule has 1 heterocycles. The van der Waals surface area contributed by atoms with E-state index in [1.165, 1.54) is 12.1 Å². The Balaban J connectivity index is 0.00000220. The van der Waals surface area contributed by atoms with Gasteiger partial charge in [-0.1, -0.05) is 12.1 Å². The van der Waals surface area contributed by atoms with Gasteiger partial charge in [-0.15, -0.1) is 12.4 Å². The molecule has 0 spiro atoms. The van der Waals surface area contributed by atoms with E-state index >= 15 is 0 Å². The first-order chi connectivity index (χ1) is 9.50. The number of nitrogens with zero attached hydrogens (tertiary/aromatic N) is 2. The Bertz CT molecular complexity index is 519. The van der Waals surface area contributed by atoms with Crippen LogP contribution in [0.15, 0.2) is 24.3 Å². The van der Waals surface area contributed by atoms with Crippen LogP contribution in [0.25, 0.3) is 0 Å². The van der Waals surface area contributed by atoms with Crippen molar-refractivity contribution in [2.24, 2.45) is 0 Å². The molecule has 1 N–H and O–H groups in total. The number of hydrogen-bond acceptors (Lipinski definition) is 3. The number of amides is 1. The predicted octanol–water partition coefficient (Wildman–Crippen LogP) is 1.48. The van der Waals surface area contributed by atoms with Gasteiger partial charge in [0.1, 0.15) is 11.9 Å². The summed E-state index contributed by atoms with van der Waals surface area (Å²) in [5, 5.41) is 8.95. The maximum absolute atomic E-state index is 13.6. The molecule has 0 saturated carbocycles. The van der Waals surface area contributed by atoms with E-state index in [4.69, 9.17) is 5.11 Å². The molecule has 0 aromatic heterocycles. The first kappa shape index (κ1) is 17.4. The van der Waals surface area contributed by atoms with Crippen LogP contribution < -0.4 is 0 Å². The van der Waals surface area contributed by atoms with Gasteiger partial charge < -0.3 is 10.0 Å². The minimum absolute atomic E-state index is 0. The summed E-state index contributed by atoms with van der Waals surface area (Å²) in [7, 11) is 0. The minimum Gasteiger partial charge on any atom is -0.480 e. The summed E-state index contributed by atoms with van der Waals surface area (Å²) in [6.45, 7) is 3.40. The van der Waals surface area contributed by atoms with Gasteiger partial charge in [0, 0.05) is 26.2 Å². The Morgan fingerprint density at radius 1 is 1.19 bits per heavy atom. The molecule has 1 unspecified atom stereocenters. The number of carboxylic acids is 1. The molecule has 0 aliphatic carbocycles. The van der Waals surface area contributed by atoms with Crippen molar-refractivity contribution in [3.63, 3.8) is 0 Å². The number of hydrogen-bond donors (Lipinski definition) is 1. The lowest BCUT2D eigenvalue weighted by molar-refractivity contribution is -0.143. The van der Waals surface area contributed by atoms with E-state index in [2.05, 4.69) is 0 Å². The highest BCUT2D eigenvalue weighted by molar-refractivity contribution is 5.94. The highest BCUT2D eigenvalue weighted by Gasteiger charge is 2.28. The van der Waals surface area contributed by atoms with E-state index < -0.39 is 17.8 Å². The lowest BCUT2D eigenvalue weighted by Crippen LogP contribution is -2.53. The predicted molar refractivity (Wildman–Crippen MR) is 78.2 cm³/mol.